The highest BCUT2D eigenvalue weighted by Crippen LogP contribution is 2.06. The van der Waals surface area contributed by atoms with Gasteiger partial charge in [-0.15, -0.1) is 0 Å². The molecule has 1 N–H and O–H groups in total. The van der Waals surface area contributed by atoms with Crippen LogP contribution in [0, 0.1) is 0 Å². The molecule has 3 rings (SSSR count). The van der Waals surface area contributed by atoms with E-state index in [4.69, 9.17) is 0 Å². The summed E-state index contributed by atoms with van der Waals surface area (Å²) in [6.07, 6.45) is 0.268. The molecular formula is C23H22N2O. The zero-order valence-electron chi connectivity index (χ0n) is 14.6. The summed E-state index contributed by atoms with van der Waals surface area (Å²) in [4.78, 5) is 17.2. The number of aliphatic imine (C=N–C) groups is 1. The van der Waals surface area contributed by atoms with Crippen molar-refractivity contribution < 1.29 is 4.79 Å². The molecule has 0 atom stereocenters. The van der Waals surface area contributed by atoms with E-state index in [1.165, 1.54) is 0 Å². The number of rotatable bonds is 7. The summed E-state index contributed by atoms with van der Waals surface area (Å²) in [5, 5.41) is 3.34. The average molecular weight is 342 g/mol. The van der Waals surface area contributed by atoms with E-state index in [2.05, 4.69) is 22.4 Å². The maximum atomic E-state index is 12.6. The van der Waals surface area contributed by atoms with Crippen molar-refractivity contribution in [2.75, 3.05) is 0 Å². The summed E-state index contributed by atoms with van der Waals surface area (Å²) >= 11 is 0. The maximum Gasteiger partial charge on any atom is 0.170 e. The van der Waals surface area contributed by atoms with Crippen LogP contribution in [0.15, 0.2) is 96.0 Å². The van der Waals surface area contributed by atoms with E-state index in [0.717, 1.165) is 11.1 Å². The number of Topliss-reactive ketones (excluding diaryl/α,β-unsaturated/α-hetero) is 1. The number of ketones is 1. The standard InChI is InChI=1S/C23H22N2O/c26-22(21-14-8-3-9-15-21)16-23(24-17-19-10-4-1-5-11-19)25-18-20-12-6-2-7-13-20/h1-15H,16-18H2,(H,24,25). The number of nitrogens with zero attached hydrogens (tertiary/aromatic N) is 1. The molecule has 0 saturated carbocycles. The van der Waals surface area contributed by atoms with Crippen LogP contribution in [-0.4, -0.2) is 11.6 Å². The third-order valence-electron chi connectivity index (χ3n) is 4.06. The van der Waals surface area contributed by atoms with Gasteiger partial charge in [-0.2, -0.15) is 0 Å². The lowest BCUT2D eigenvalue weighted by Gasteiger charge is -2.10. The molecule has 0 aliphatic rings. The van der Waals surface area contributed by atoms with Crippen LogP contribution >= 0.6 is 0 Å². The number of amidine groups is 1. The van der Waals surface area contributed by atoms with Gasteiger partial charge in [0.15, 0.2) is 5.78 Å². The van der Waals surface area contributed by atoms with Crippen LogP contribution in [0.4, 0.5) is 0 Å². The number of hydrogen-bond donors (Lipinski definition) is 1. The first-order valence-electron chi connectivity index (χ1n) is 8.74. The van der Waals surface area contributed by atoms with Gasteiger partial charge in [0.1, 0.15) is 5.84 Å². The zero-order valence-corrected chi connectivity index (χ0v) is 14.6. The second-order valence-electron chi connectivity index (χ2n) is 6.05. The van der Waals surface area contributed by atoms with Gasteiger partial charge in [0.25, 0.3) is 0 Å². The highest BCUT2D eigenvalue weighted by Gasteiger charge is 2.10. The molecule has 3 aromatic carbocycles. The molecule has 3 aromatic rings. The first-order valence-corrected chi connectivity index (χ1v) is 8.74. The van der Waals surface area contributed by atoms with Crippen LogP contribution in [0.25, 0.3) is 0 Å². The second kappa shape index (κ2) is 9.33. The molecule has 0 amide bonds. The second-order valence-corrected chi connectivity index (χ2v) is 6.05. The Labute approximate surface area is 154 Å². The summed E-state index contributed by atoms with van der Waals surface area (Å²) in [6.45, 7) is 1.20. The summed E-state index contributed by atoms with van der Waals surface area (Å²) in [5.41, 5.74) is 2.99. The topological polar surface area (TPSA) is 41.5 Å². The lowest BCUT2D eigenvalue weighted by molar-refractivity contribution is 0.0999. The molecule has 0 unspecified atom stereocenters. The molecular weight excluding hydrogens is 320 g/mol. The van der Waals surface area contributed by atoms with E-state index >= 15 is 0 Å². The summed E-state index contributed by atoms with van der Waals surface area (Å²) in [5.74, 6) is 0.782. The largest absolute Gasteiger partial charge is 0.369 e. The monoisotopic (exact) mass is 342 g/mol. The first-order chi connectivity index (χ1) is 12.8. The average Bonchev–Trinajstić information content (AvgIpc) is 2.72. The Morgan fingerprint density at radius 2 is 1.27 bits per heavy atom. The molecule has 0 aromatic heterocycles. The molecule has 3 nitrogen and oxygen atoms in total. The SMILES string of the molecule is O=C(CC(=NCc1ccccc1)NCc1ccccc1)c1ccccc1. The Morgan fingerprint density at radius 3 is 1.88 bits per heavy atom. The smallest absolute Gasteiger partial charge is 0.170 e. The van der Waals surface area contributed by atoms with Gasteiger partial charge in [0, 0.05) is 12.1 Å². The fourth-order valence-corrected chi connectivity index (χ4v) is 2.62. The third-order valence-corrected chi connectivity index (χ3v) is 4.06. The van der Waals surface area contributed by atoms with Gasteiger partial charge in [0.05, 0.1) is 13.0 Å². The van der Waals surface area contributed by atoms with Crippen LogP contribution in [-0.2, 0) is 13.1 Å². The number of hydrogen-bond acceptors (Lipinski definition) is 2. The minimum absolute atomic E-state index is 0.0676. The van der Waals surface area contributed by atoms with Gasteiger partial charge in [-0.25, -0.2) is 0 Å². The predicted octanol–water partition coefficient (Wildman–Crippen LogP) is 4.65. The van der Waals surface area contributed by atoms with E-state index in [-0.39, 0.29) is 12.2 Å². The number of nitrogens with one attached hydrogen (secondary N) is 1. The van der Waals surface area contributed by atoms with Crippen molar-refractivity contribution in [1.82, 2.24) is 5.32 Å². The van der Waals surface area contributed by atoms with Gasteiger partial charge < -0.3 is 5.32 Å². The number of carbonyl (C=O) groups is 1. The third kappa shape index (κ3) is 5.42. The molecule has 0 spiro atoms. The lowest BCUT2D eigenvalue weighted by Crippen LogP contribution is -2.26. The Hall–Kier alpha value is -3.20. The Morgan fingerprint density at radius 1 is 0.731 bits per heavy atom. The van der Waals surface area contributed by atoms with E-state index in [9.17, 15) is 4.79 Å². The van der Waals surface area contributed by atoms with Crippen molar-refractivity contribution in [3.8, 4) is 0 Å². The molecule has 3 heteroatoms. The normalized spacial score (nSPS) is 11.2. The van der Waals surface area contributed by atoms with Crippen LogP contribution in [0.3, 0.4) is 0 Å². The first kappa shape index (κ1) is 17.6. The van der Waals surface area contributed by atoms with Crippen molar-refractivity contribution >= 4 is 11.6 Å². The zero-order chi connectivity index (χ0) is 18.0. The summed E-state index contributed by atoms with van der Waals surface area (Å²) in [6, 6.07) is 29.5. The minimum Gasteiger partial charge on any atom is -0.369 e. The van der Waals surface area contributed by atoms with E-state index in [1.54, 1.807) is 0 Å². The molecule has 0 fully saturated rings. The fraction of sp³-hybridized carbons (Fsp3) is 0.130. The molecule has 26 heavy (non-hydrogen) atoms. The Kier molecular flexibility index (Phi) is 6.32. The van der Waals surface area contributed by atoms with Crippen molar-refractivity contribution in [3.63, 3.8) is 0 Å². The summed E-state index contributed by atoms with van der Waals surface area (Å²) in [7, 11) is 0. The molecule has 0 aliphatic carbocycles. The van der Waals surface area contributed by atoms with Crippen molar-refractivity contribution in [1.29, 1.82) is 0 Å². The molecule has 0 aliphatic heterocycles. The fourth-order valence-electron chi connectivity index (χ4n) is 2.62. The van der Waals surface area contributed by atoms with Crippen molar-refractivity contribution in [2.45, 2.75) is 19.5 Å². The molecule has 0 radical (unpaired) electrons. The minimum atomic E-state index is 0.0676. The van der Waals surface area contributed by atoms with Crippen LogP contribution in [0.5, 0.6) is 0 Å². The van der Waals surface area contributed by atoms with Crippen LogP contribution in [0.2, 0.25) is 0 Å². The van der Waals surface area contributed by atoms with Gasteiger partial charge in [0.2, 0.25) is 0 Å². The van der Waals surface area contributed by atoms with E-state index < -0.39 is 0 Å². The van der Waals surface area contributed by atoms with Gasteiger partial charge in [-0.05, 0) is 11.1 Å². The van der Waals surface area contributed by atoms with Crippen LogP contribution < -0.4 is 5.32 Å². The lowest BCUT2D eigenvalue weighted by atomic mass is 10.1. The van der Waals surface area contributed by atoms with Crippen molar-refractivity contribution in [3.05, 3.63) is 108 Å². The highest BCUT2D eigenvalue weighted by atomic mass is 16.1. The molecule has 0 saturated heterocycles. The van der Waals surface area contributed by atoms with Gasteiger partial charge in [-0.3, -0.25) is 9.79 Å². The molecule has 130 valence electrons. The van der Waals surface area contributed by atoms with E-state index in [1.807, 2.05) is 78.9 Å². The Balaban J connectivity index is 1.71. The van der Waals surface area contributed by atoms with Gasteiger partial charge in [-0.1, -0.05) is 91.0 Å². The highest BCUT2D eigenvalue weighted by molar-refractivity contribution is 6.08. The molecule has 0 bridgehead atoms. The molecule has 0 heterocycles. The quantitative estimate of drug-likeness (QED) is 0.386. The maximum absolute atomic E-state index is 12.6. The summed E-state index contributed by atoms with van der Waals surface area (Å²) < 4.78 is 0. The number of carbonyl (C=O) groups excluding carboxylic acids is 1. The van der Waals surface area contributed by atoms with Crippen molar-refractivity contribution in [2.24, 2.45) is 4.99 Å². The van der Waals surface area contributed by atoms with Gasteiger partial charge >= 0.3 is 0 Å². The van der Waals surface area contributed by atoms with E-state index in [0.29, 0.717) is 24.5 Å². The van der Waals surface area contributed by atoms with Crippen LogP contribution in [0.1, 0.15) is 27.9 Å². The predicted molar refractivity (Wildman–Crippen MR) is 106 cm³/mol. The number of benzene rings is 3. The Bertz CT molecular complexity index is 843.